The molecule has 0 bridgehead atoms. The van der Waals surface area contributed by atoms with Gasteiger partial charge >= 0.3 is 0 Å². The predicted octanol–water partition coefficient (Wildman–Crippen LogP) is 15.1. The molecule has 0 atom stereocenters. The number of thiophene rings is 1. The zero-order valence-electron chi connectivity index (χ0n) is 28.7. The van der Waals surface area contributed by atoms with Gasteiger partial charge in [0.25, 0.3) is 0 Å². The van der Waals surface area contributed by atoms with E-state index in [0.717, 1.165) is 50.1 Å². The highest BCUT2D eigenvalue weighted by molar-refractivity contribution is 7.26. The second-order valence-electron chi connectivity index (χ2n) is 13.7. The van der Waals surface area contributed by atoms with Crippen molar-refractivity contribution in [1.82, 2.24) is 0 Å². The summed E-state index contributed by atoms with van der Waals surface area (Å²) in [5.41, 5.74) is 9.72. The molecule has 2 nitrogen and oxygen atoms in total. The molecule has 0 amide bonds. The Labute approximate surface area is 310 Å². The summed E-state index contributed by atoms with van der Waals surface area (Å²) in [6, 6.07) is 67.9. The second kappa shape index (κ2) is 11.9. The average Bonchev–Trinajstić information content (AvgIpc) is 3.81. The molecule has 11 aromatic rings. The van der Waals surface area contributed by atoms with Crippen molar-refractivity contribution in [3.8, 4) is 22.3 Å². The van der Waals surface area contributed by atoms with E-state index in [1.165, 1.54) is 52.8 Å². The summed E-state index contributed by atoms with van der Waals surface area (Å²) in [6.45, 7) is 0. The maximum absolute atomic E-state index is 6.84. The van der Waals surface area contributed by atoms with Gasteiger partial charge in [-0.3, -0.25) is 0 Å². The Kier molecular flexibility index (Phi) is 6.76. The highest BCUT2D eigenvalue weighted by Crippen LogP contribution is 2.50. The van der Waals surface area contributed by atoms with E-state index in [2.05, 4.69) is 193 Å². The van der Waals surface area contributed by atoms with Crippen LogP contribution in [0.4, 0.5) is 17.1 Å². The summed E-state index contributed by atoms with van der Waals surface area (Å²) < 4.78 is 9.38. The van der Waals surface area contributed by atoms with E-state index in [0.29, 0.717) is 0 Å². The smallest absolute Gasteiger partial charge is 0.145 e. The molecule has 0 unspecified atom stereocenters. The van der Waals surface area contributed by atoms with Crippen molar-refractivity contribution in [2.24, 2.45) is 0 Å². The molecule has 2 aromatic heterocycles. The van der Waals surface area contributed by atoms with Gasteiger partial charge in [0.15, 0.2) is 0 Å². The lowest BCUT2D eigenvalue weighted by molar-refractivity contribution is 0.670. The summed E-state index contributed by atoms with van der Waals surface area (Å²) >= 11 is 1.85. The van der Waals surface area contributed by atoms with Crippen molar-refractivity contribution < 1.29 is 4.42 Å². The topological polar surface area (TPSA) is 16.4 Å². The van der Waals surface area contributed by atoms with Crippen LogP contribution in [0.3, 0.4) is 0 Å². The number of furan rings is 1. The highest BCUT2D eigenvalue weighted by atomic mass is 32.1. The first-order valence-corrected chi connectivity index (χ1v) is 18.8. The first-order valence-electron chi connectivity index (χ1n) is 18.0. The molecular weight excluding hydrogens is 663 g/mol. The fourth-order valence-corrected chi connectivity index (χ4v) is 9.37. The largest absolute Gasteiger partial charge is 0.455 e. The number of rotatable bonds is 5. The minimum atomic E-state index is 0.878. The van der Waals surface area contributed by atoms with E-state index in [1.807, 2.05) is 11.3 Å². The number of hydrogen-bond donors (Lipinski definition) is 0. The Hall–Kier alpha value is -6.68. The fourth-order valence-electron chi connectivity index (χ4n) is 8.16. The standard InChI is InChI=1S/C50H31NOS/c1-2-13-35-31-36(24-23-32(35)11-1)40-29-30-44(48-43-17-5-7-21-46(43)52-49(40)48)51(45-20-10-19-42-41-16-6-8-22-47(41)53-50(42)45)37-27-25-34(26-28-37)39-18-9-14-33-12-3-4-15-38(33)39/h1-31H. The van der Waals surface area contributed by atoms with Crippen molar-refractivity contribution in [1.29, 1.82) is 0 Å². The molecule has 0 spiro atoms. The predicted molar refractivity (Wildman–Crippen MR) is 227 cm³/mol. The summed E-state index contributed by atoms with van der Waals surface area (Å²) in [6.07, 6.45) is 0. The van der Waals surface area contributed by atoms with Gasteiger partial charge in [0.05, 0.1) is 21.5 Å². The van der Waals surface area contributed by atoms with Crippen molar-refractivity contribution in [2.75, 3.05) is 4.90 Å². The Morgan fingerprint density at radius 1 is 0.415 bits per heavy atom. The van der Waals surface area contributed by atoms with Crippen LogP contribution < -0.4 is 4.90 Å². The number of nitrogens with zero attached hydrogens (tertiary/aromatic N) is 1. The van der Waals surface area contributed by atoms with E-state index in [4.69, 9.17) is 4.42 Å². The Balaban J connectivity index is 1.18. The van der Waals surface area contributed by atoms with Gasteiger partial charge in [-0.25, -0.2) is 0 Å². The van der Waals surface area contributed by atoms with Crippen LogP contribution in [-0.4, -0.2) is 0 Å². The van der Waals surface area contributed by atoms with E-state index >= 15 is 0 Å². The van der Waals surface area contributed by atoms with Crippen molar-refractivity contribution in [2.45, 2.75) is 0 Å². The lowest BCUT2D eigenvalue weighted by Gasteiger charge is -2.27. The number of hydrogen-bond acceptors (Lipinski definition) is 3. The van der Waals surface area contributed by atoms with Gasteiger partial charge in [-0.1, -0.05) is 140 Å². The van der Waals surface area contributed by atoms with Gasteiger partial charge in [0.2, 0.25) is 0 Å². The summed E-state index contributed by atoms with van der Waals surface area (Å²) in [7, 11) is 0. The Morgan fingerprint density at radius 2 is 1.09 bits per heavy atom. The Bertz CT molecular complexity index is 3180. The summed E-state index contributed by atoms with van der Waals surface area (Å²) in [4.78, 5) is 2.44. The molecule has 0 aliphatic heterocycles. The summed E-state index contributed by atoms with van der Waals surface area (Å²) in [5.74, 6) is 0. The molecule has 0 aliphatic rings. The Morgan fingerprint density at radius 3 is 1.98 bits per heavy atom. The average molecular weight is 694 g/mol. The minimum absolute atomic E-state index is 0.878. The molecule has 11 rings (SSSR count). The van der Waals surface area contributed by atoms with Crippen LogP contribution in [0.5, 0.6) is 0 Å². The van der Waals surface area contributed by atoms with E-state index < -0.39 is 0 Å². The third kappa shape index (κ3) is 4.78. The maximum atomic E-state index is 6.84. The van der Waals surface area contributed by atoms with Crippen molar-refractivity contribution in [3.63, 3.8) is 0 Å². The lowest BCUT2D eigenvalue weighted by atomic mass is 9.97. The second-order valence-corrected chi connectivity index (χ2v) is 14.7. The van der Waals surface area contributed by atoms with Crippen LogP contribution in [0.2, 0.25) is 0 Å². The third-order valence-electron chi connectivity index (χ3n) is 10.7. The fraction of sp³-hybridized carbons (Fsp3) is 0. The van der Waals surface area contributed by atoms with Gasteiger partial charge in [-0.15, -0.1) is 11.3 Å². The van der Waals surface area contributed by atoms with Crippen LogP contribution in [-0.2, 0) is 0 Å². The number of para-hydroxylation sites is 1. The minimum Gasteiger partial charge on any atom is -0.455 e. The number of anilines is 3. The van der Waals surface area contributed by atoms with Gasteiger partial charge in [-0.05, 0) is 86.8 Å². The molecule has 248 valence electrons. The lowest BCUT2D eigenvalue weighted by Crippen LogP contribution is -2.10. The van der Waals surface area contributed by atoms with Crippen LogP contribution in [0.25, 0.3) is 85.9 Å². The quantitative estimate of drug-likeness (QED) is 0.178. The van der Waals surface area contributed by atoms with Crippen LogP contribution in [0.15, 0.2) is 192 Å². The molecule has 0 fully saturated rings. The molecule has 2 heterocycles. The van der Waals surface area contributed by atoms with Crippen molar-refractivity contribution >= 4 is 92.1 Å². The van der Waals surface area contributed by atoms with Gasteiger partial charge in [0.1, 0.15) is 11.2 Å². The molecule has 0 saturated heterocycles. The SMILES string of the molecule is c1ccc2cc(-c3ccc(N(c4ccc(-c5cccc6ccccc56)cc4)c4cccc5c4sc4ccccc45)c4c3oc3ccccc34)ccc2c1. The van der Waals surface area contributed by atoms with E-state index in [1.54, 1.807) is 0 Å². The molecule has 53 heavy (non-hydrogen) atoms. The molecule has 0 saturated carbocycles. The highest BCUT2D eigenvalue weighted by Gasteiger charge is 2.24. The molecule has 0 N–H and O–H groups in total. The van der Waals surface area contributed by atoms with Gasteiger partial charge < -0.3 is 9.32 Å². The van der Waals surface area contributed by atoms with E-state index in [9.17, 15) is 0 Å². The molecule has 9 aromatic carbocycles. The molecule has 0 aliphatic carbocycles. The van der Waals surface area contributed by atoms with Gasteiger partial charge in [0, 0.05) is 32.1 Å². The summed E-state index contributed by atoms with van der Waals surface area (Å²) in [5, 5.41) is 9.68. The first kappa shape index (κ1) is 30.0. The van der Waals surface area contributed by atoms with Crippen LogP contribution in [0, 0.1) is 0 Å². The molecular formula is C50H31NOS. The third-order valence-corrected chi connectivity index (χ3v) is 11.9. The first-order chi connectivity index (χ1) is 26.3. The molecule has 3 heteroatoms. The monoisotopic (exact) mass is 693 g/mol. The van der Waals surface area contributed by atoms with E-state index in [-0.39, 0.29) is 0 Å². The number of fused-ring (bicyclic) bond motifs is 8. The zero-order chi connectivity index (χ0) is 34.9. The molecule has 0 radical (unpaired) electrons. The maximum Gasteiger partial charge on any atom is 0.145 e. The van der Waals surface area contributed by atoms with Crippen molar-refractivity contribution in [3.05, 3.63) is 188 Å². The zero-order valence-corrected chi connectivity index (χ0v) is 29.5. The van der Waals surface area contributed by atoms with Crippen LogP contribution >= 0.6 is 11.3 Å². The van der Waals surface area contributed by atoms with Crippen LogP contribution in [0.1, 0.15) is 0 Å². The normalized spacial score (nSPS) is 11.8. The number of benzene rings is 9. The van der Waals surface area contributed by atoms with Gasteiger partial charge in [-0.2, -0.15) is 0 Å².